The molecule has 0 saturated heterocycles. The van der Waals surface area contributed by atoms with Crippen LogP contribution in [0.2, 0.25) is 5.02 Å². The molecule has 2 aromatic carbocycles. The molecule has 2 amide bonds. The van der Waals surface area contributed by atoms with Crippen molar-refractivity contribution in [3.05, 3.63) is 69.7 Å². The van der Waals surface area contributed by atoms with Crippen molar-refractivity contribution in [3.8, 4) is 0 Å². The van der Waals surface area contributed by atoms with Gasteiger partial charge in [-0.25, -0.2) is 0 Å². The Morgan fingerprint density at radius 2 is 1.74 bits per heavy atom. The number of benzene rings is 2. The van der Waals surface area contributed by atoms with Crippen LogP contribution in [0.25, 0.3) is 0 Å². The van der Waals surface area contributed by atoms with Gasteiger partial charge in [-0.1, -0.05) is 66.8 Å². The Hall–Kier alpha value is -2.33. The van der Waals surface area contributed by atoms with Gasteiger partial charge in [-0.05, 0) is 62.4 Å². The first-order chi connectivity index (χ1) is 14.8. The molecular weight excluding hydrogens is 408 g/mol. The fraction of sp³-hybridized carbons (Fsp3) is 0.462. The third-order valence-corrected chi connectivity index (χ3v) is 6.48. The van der Waals surface area contributed by atoms with Crippen LogP contribution in [0.5, 0.6) is 0 Å². The Balaban J connectivity index is 1.78. The van der Waals surface area contributed by atoms with Crippen LogP contribution in [0.4, 0.5) is 0 Å². The highest BCUT2D eigenvalue weighted by atomic mass is 35.5. The Morgan fingerprint density at radius 1 is 1.06 bits per heavy atom. The summed E-state index contributed by atoms with van der Waals surface area (Å²) < 4.78 is 0. The number of carbonyl (C=O) groups excluding carboxylic acids is 2. The zero-order valence-electron chi connectivity index (χ0n) is 18.8. The third-order valence-electron chi connectivity index (χ3n) is 6.23. The Kier molecular flexibility index (Phi) is 8.14. The first-order valence-corrected chi connectivity index (χ1v) is 11.6. The van der Waals surface area contributed by atoms with E-state index in [1.54, 1.807) is 4.90 Å². The zero-order chi connectivity index (χ0) is 22.4. The fourth-order valence-electron chi connectivity index (χ4n) is 4.19. The van der Waals surface area contributed by atoms with E-state index in [9.17, 15) is 9.59 Å². The van der Waals surface area contributed by atoms with Crippen LogP contribution in [0.3, 0.4) is 0 Å². The SMILES string of the molecule is Cc1ccc(C)c(CC(=O)N(Cc2ccc(Cl)cc2)[C@@H](C)C(=O)NC2CCCCC2)c1. The summed E-state index contributed by atoms with van der Waals surface area (Å²) >= 11 is 6.03. The van der Waals surface area contributed by atoms with Gasteiger partial charge in [0, 0.05) is 17.6 Å². The second kappa shape index (κ2) is 10.8. The second-order valence-electron chi connectivity index (χ2n) is 8.77. The van der Waals surface area contributed by atoms with E-state index in [0.717, 1.165) is 47.9 Å². The maximum atomic E-state index is 13.4. The zero-order valence-corrected chi connectivity index (χ0v) is 19.5. The van der Waals surface area contributed by atoms with Gasteiger partial charge in [0.05, 0.1) is 6.42 Å². The molecule has 3 rings (SSSR count). The van der Waals surface area contributed by atoms with E-state index >= 15 is 0 Å². The van der Waals surface area contributed by atoms with Crippen LogP contribution in [0, 0.1) is 13.8 Å². The number of hydrogen-bond acceptors (Lipinski definition) is 2. The Bertz CT molecular complexity index is 904. The summed E-state index contributed by atoms with van der Waals surface area (Å²) in [5, 5.41) is 3.83. The minimum atomic E-state index is -0.546. The van der Waals surface area contributed by atoms with Crippen molar-refractivity contribution in [2.24, 2.45) is 0 Å². The summed E-state index contributed by atoms with van der Waals surface area (Å²) in [5.41, 5.74) is 4.17. The van der Waals surface area contributed by atoms with E-state index in [1.165, 1.54) is 6.42 Å². The molecule has 0 bridgehead atoms. The molecule has 1 N–H and O–H groups in total. The molecule has 0 aliphatic heterocycles. The van der Waals surface area contributed by atoms with Gasteiger partial charge in [-0.15, -0.1) is 0 Å². The van der Waals surface area contributed by atoms with Crippen molar-refractivity contribution < 1.29 is 9.59 Å². The lowest BCUT2D eigenvalue weighted by Crippen LogP contribution is -2.50. The molecule has 0 heterocycles. The van der Waals surface area contributed by atoms with E-state index in [-0.39, 0.29) is 24.3 Å². The normalized spacial score (nSPS) is 15.4. The van der Waals surface area contributed by atoms with Crippen LogP contribution >= 0.6 is 11.6 Å². The van der Waals surface area contributed by atoms with Gasteiger partial charge in [-0.3, -0.25) is 9.59 Å². The average Bonchev–Trinajstić information content (AvgIpc) is 2.76. The summed E-state index contributed by atoms with van der Waals surface area (Å²) in [6.45, 7) is 6.25. The standard InChI is InChI=1S/C26H33ClN2O2/c1-18-9-10-19(2)22(15-18)16-25(30)29(17-21-11-13-23(27)14-12-21)20(3)26(31)28-24-7-5-4-6-8-24/h9-15,20,24H,4-8,16-17H2,1-3H3,(H,28,31)/t20-/m0/s1. The molecule has 0 spiro atoms. The quantitative estimate of drug-likeness (QED) is 0.629. The molecular formula is C26H33ClN2O2. The van der Waals surface area contributed by atoms with Gasteiger partial charge < -0.3 is 10.2 Å². The predicted octanol–water partition coefficient (Wildman–Crippen LogP) is 5.37. The lowest BCUT2D eigenvalue weighted by Gasteiger charge is -2.31. The molecule has 5 heteroatoms. The highest BCUT2D eigenvalue weighted by molar-refractivity contribution is 6.30. The van der Waals surface area contributed by atoms with Gasteiger partial charge >= 0.3 is 0 Å². The molecule has 1 atom stereocenters. The van der Waals surface area contributed by atoms with E-state index in [0.29, 0.717) is 11.6 Å². The van der Waals surface area contributed by atoms with Crippen LogP contribution in [-0.4, -0.2) is 28.8 Å². The number of rotatable bonds is 7. The monoisotopic (exact) mass is 440 g/mol. The molecule has 0 radical (unpaired) electrons. The summed E-state index contributed by atoms with van der Waals surface area (Å²) in [6.07, 6.45) is 5.86. The van der Waals surface area contributed by atoms with Gasteiger partial charge in [0.1, 0.15) is 6.04 Å². The molecule has 1 fully saturated rings. The molecule has 2 aromatic rings. The predicted molar refractivity (Wildman–Crippen MR) is 126 cm³/mol. The molecule has 0 unspecified atom stereocenters. The molecule has 0 aromatic heterocycles. The van der Waals surface area contributed by atoms with Gasteiger partial charge in [0.25, 0.3) is 0 Å². The minimum Gasteiger partial charge on any atom is -0.352 e. The van der Waals surface area contributed by atoms with Crippen molar-refractivity contribution in [1.82, 2.24) is 10.2 Å². The first-order valence-electron chi connectivity index (χ1n) is 11.2. The molecule has 166 valence electrons. The largest absolute Gasteiger partial charge is 0.352 e. The van der Waals surface area contributed by atoms with E-state index in [4.69, 9.17) is 11.6 Å². The average molecular weight is 441 g/mol. The first kappa shape index (κ1) is 23.3. The summed E-state index contributed by atoms with van der Waals surface area (Å²) in [7, 11) is 0. The van der Waals surface area contributed by atoms with Crippen molar-refractivity contribution in [3.63, 3.8) is 0 Å². The van der Waals surface area contributed by atoms with Gasteiger partial charge in [0.15, 0.2) is 0 Å². The van der Waals surface area contributed by atoms with Crippen molar-refractivity contribution in [2.45, 2.75) is 77.9 Å². The highest BCUT2D eigenvalue weighted by Gasteiger charge is 2.28. The van der Waals surface area contributed by atoms with Crippen LogP contribution in [0.1, 0.15) is 61.3 Å². The van der Waals surface area contributed by atoms with Crippen molar-refractivity contribution in [2.75, 3.05) is 0 Å². The minimum absolute atomic E-state index is 0.0463. The lowest BCUT2D eigenvalue weighted by atomic mass is 9.95. The number of hydrogen-bond donors (Lipinski definition) is 1. The van der Waals surface area contributed by atoms with E-state index in [2.05, 4.69) is 17.4 Å². The number of carbonyl (C=O) groups is 2. The molecule has 1 aliphatic carbocycles. The molecule has 31 heavy (non-hydrogen) atoms. The summed E-state index contributed by atoms with van der Waals surface area (Å²) in [4.78, 5) is 28.2. The number of halogens is 1. The summed E-state index contributed by atoms with van der Waals surface area (Å²) in [5.74, 6) is -0.120. The maximum absolute atomic E-state index is 13.4. The lowest BCUT2D eigenvalue weighted by molar-refractivity contribution is -0.140. The van der Waals surface area contributed by atoms with Crippen molar-refractivity contribution >= 4 is 23.4 Å². The highest BCUT2D eigenvalue weighted by Crippen LogP contribution is 2.20. The van der Waals surface area contributed by atoms with E-state index in [1.807, 2.05) is 51.1 Å². The van der Waals surface area contributed by atoms with Crippen LogP contribution in [0.15, 0.2) is 42.5 Å². The summed E-state index contributed by atoms with van der Waals surface area (Å²) in [6, 6.07) is 13.3. The molecule has 1 aliphatic rings. The topological polar surface area (TPSA) is 49.4 Å². The van der Waals surface area contributed by atoms with E-state index < -0.39 is 6.04 Å². The second-order valence-corrected chi connectivity index (χ2v) is 9.21. The number of nitrogens with one attached hydrogen (secondary N) is 1. The van der Waals surface area contributed by atoms with Crippen LogP contribution < -0.4 is 5.32 Å². The molecule has 1 saturated carbocycles. The Morgan fingerprint density at radius 3 is 2.42 bits per heavy atom. The van der Waals surface area contributed by atoms with Crippen molar-refractivity contribution in [1.29, 1.82) is 0 Å². The third kappa shape index (κ3) is 6.57. The number of nitrogens with zero attached hydrogens (tertiary/aromatic N) is 1. The van der Waals surface area contributed by atoms with Gasteiger partial charge in [-0.2, -0.15) is 0 Å². The van der Waals surface area contributed by atoms with Crippen LogP contribution in [-0.2, 0) is 22.6 Å². The Labute approximate surface area is 191 Å². The number of amides is 2. The maximum Gasteiger partial charge on any atom is 0.242 e. The smallest absolute Gasteiger partial charge is 0.242 e. The number of aryl methyl sites for hydroxylation is 2. The van der Waals surface area contributed by atoms with Gasteiger partial charge in [0.2, 0.25) is 11.8 Å². The fourth-order valence-corrected chi connectivity index (χ4v) is 4.32. The molecule has 4 nitrogen and oxygen atoms in total.